The van der Waals surface area contributed by atoms with E-state index in [9.17, 15) is 4.79 Å². The van der Waals surface area contributed by atoms with Crippen molar-refractivity contribution in [3.63, 3.8) is 0 Å². The fourth-order valence-corrected chi connectivity index (χ4v) is 4.52. The number of nitrogens with zero attached hydrogens (tertiary/aromatic N) is 2. The molecule has 2 saturated carbocycles. The lowest BCUT2D eigenvalue weighted by atomic mass is 9.52. The molecule has 0 radical (unpaired) electrons. The van der Waals surface area contributed by atoms with E-state index in [1.165, 1.54) is 37.4 Å². The zero-order chi connectivity index (χ0) is 19.4. The van der Waals surface area contributed by atoms with E-state index in [2.05, 4.69) is 41.3 Å². The van der Waals surface area contributed by atoms with E-state index in [4.69, 9.17) is 11.5 Å². The van der Waals surface area contributed by atoms with Gasteiger partial charge < -0.3 is 21.7 Å². The summed E-state index contributed by atoms with van der Waals surface area (Å²) in [5, 5.41) is 2.41. The van der Waals surface area contributed by atoms with Crippen LogP contribution in [0.4, 0.5) is 5.69 Å². The second-order valence-electron chi connectivity index (χ2n) is 8.27. The largest absolute Gasteiger partial charge is 0.384 e. The topological polar surface area (TPSA) is 96.7 Å². The minimum atomic E-state index is 0.347. The number of nitrogens with two attached hydrogens (primary N) is 2. The van der Waals surface area contributed by atoms with Gasteiger partial charge in [0.15, 0.2) is 0 Å². The van der Waals surface area contributed by atoms with E-state index >= 15 is 0 Å². The first kappa shape index (κ1) is 19.6. The minimum absolute atomic E-state index is 0.347. The highest BCUT2D eigenvalue weighted by Crippen LogP contribution is 2.56. The zero-order valence-corrected chi connectivity index (χ0v) is 16.3. The van der Waals surface area contributed by atoms with Crippen molar-refractivity contribution in [1.29, 1.82) is 0 Å². The summed E-state index contributed by atoms with van der Waals surface area (Å²) in [6.07, 6.45) is 9.67. The van der Waals surface area contributed by atoms with Crippen LogP contribution in [0, 0.1) is 5.41 Å². The lowest BCUT2D eigenvalue weighted by Gasteiger charge is -2.59. The lowest BCUT2D eigenvalue weighted by molar-refractivity contribution is -0.108. The van der Waals surface area contributed by atoms with Crippen molar-refractivity contribution in [3.8, 4) is 0 Å². The van der Waals surface area contributed by atoms with E-state index in [1.807, 2.05) is 12.1 Å². The molecule has 0 bridgehead atoms. The molecule has 0 aliphatic heterocycles. The Kier molecular flexibility index (Phi) is 5.97. The summed E-state index contributed by atoms with van der Waals surface area (Å²) < 4.78 is 0. The summed E-state index contributed by atoms with van der Waals surface area (Å²) in [5.41, 5.74) is 14.4. The van der Waals surface area contributed by atoms with Gasteiger partial charge in [-0.2, -0.15) is 0 Å². The van der Waals surface area contributed by atoms with Crippen molar-refractivity contribution in [1.82, 2.24) is 10.2 Å². The van der Waals surface area contributed by atoms with Gasteiger partial charge >= 0.3 is 0 Å². The predicted octanol–water partition coefficient (Wildman–Crippen LogP) is 2.07. The Morgan fingerprint density at radius 3 is 2.59 bits per heavy atom. The van der Waals surface area contributed by atoms with Gasteiger partial charge in [0.2, 0.25) is 6.41 Å². The fourth-order valence-electron chi connectivity index (χ4n) is 4.52. The average Bonchev–Trinajstić information content (AvgIpc) is 2.58. The number of hydrogen-bond acceptors (Lipinski definition) is 4. The van der Waals surface area contributed by atoms with Crippen molar-refractivity contribution in [2.45, 2.75) is 57.2 Å². The molecule has 1 atom stereocenters. The number of amides is 1. The minimum Gasteiger partial charge on any atom is -0.384 e. The molecule has 2 fully saturated rings. The standard InChI is InChI=1S/C21H31N5O/c1-15(26(2)19-12-21(13-19)10-17(22)11-21)9-16-3-5-18(6-4-16)25-20(23)7-8-24-14-27/h3-8,14-15,17,19H,9-13,22H2,1-2H3,(H2,23,25)(H,24,27)/b8-7-. The number of aliphatic imine (C=N–C) groups is 1. The number of benzene rings is 1. The van der Waals surface area contributed by atoms with E-state index < -0.39 is 0 Å². The highest BCUT2D eigenvalue weighted by molar-refractivity contribution is 5.93. The molecule has 27 heavy (non-hydrogen) atoms. The molecule has 5 N–H and O–H groups in total. The Balaban J connectivity index is 1.49. The number of nitrogens with one attached hydrogen (secondary N) is 1. The Bertz CT molecular complexity index is 698. The van der Waals surface area contributed by atoms with Gasteiger partial charge in [0.05, 0.1) is 5.69 Å². The van der Waals surface area contributed by atoms with Gasteiger partial charge in [-0.05, 0) is 75.3 Å². The normalized spacial score (nSPS) is 28.8. The van der Waals surface area contributed by atoms with Gasteiger partial charge in [0.25, 0.3) is 0 Å². The maximum absolute atomic E-state index is 10.2. The molecule has 2 aliphatic carbocycles. The second kappa shape index (κ2) is 8.23. The number of hydrogen-bond donors (Lipinski definition) is 3. The van der Waals surface area contributed by atoms with Crippen LogP contribution in [-0.2, 0) is 11.2 Å². The number of likely N-dealkylation sites (N-methyl/N-ethyl adjacent to an activating group) is 1. The van der Waals surface area contributed by atoms with Crippen LogP contribution >= 0.6 is 0 Å². The highest BCUT2D eigenvalue weighted by Gasteiger charge is 2.52. The van der Waals surface area contributed by atoms with Gasteiger partial charge in [0.1, 0.15) is 5.84 Å². The summed E-state index contributed by atoms with van der Waals surface area (Å²) >= 11 is 0. The highest BCUT2D eigenvalue weighted by atomic mass is 16.1. The summed E-state index contributed by atoms with van der Waals surface area (Å²) in [6.45, 7) is 2.30. The van der Waals surface area contributed by atoms with Crippen LogP contribution in [0.5, 0.6) is 0 Å². The van der Waals surface area contributed by atoms with E-state index in [-0.39, 0.29) is 0 Å². The van der Waals surface area contributed by atoms with E-state index in [0.29, 0.717) is 35.8 Å². The van der Waals surface area contributed by atoms with E-state index in [0.717, 1.165) is 12.1 Å². The van der Waals surface area contributed by atoms with Gasteiger partial charge in [-0.25, -0.2) is 4.99 Å². The van der Waals surface area contributed by atoms with Crippen molar-refractivity contribution < 1.29 is 4.79 Å². The van der Waals surface area contributed by atoms with Crippen molar-refractivity contribution in [2.75, 3.05) is 7.05 Å². The Morgan fingerprint density at radius 2 is 2.00 bits per heavy atom. The first-order valence-electron chi connectivity index (χ1n) is 9.68. The van der Waals surface area contributed by atoms with Crippen LogP contribution in [0.1, 0.15) is 38.2 Å². The second-order valence-corrected chi connectivity index (χ2v) is 8.27. The third kappa shape index (κ3) is 4.76. The molecule has 1 unspecified atom stereocenters. The molecule has 0 saturated heterocycles. The quantitative estimate of drug-likeness (QED) is 0.371. The van der Waals surface area contributed by atoms with Crippen LogP contribution in [-0.4, -0.2) is 42.3 Å². The molecule has 146 valence electrons. The number of carbonyl (C=O) groups is 1. The maximum Gasteiger partial charge on any atom is 0.211 e. The van der Waals surface area contributed by atoms with Gasteiger partial charge in [-0.15, -0.1) is 0 Å². The Labute approximate surface area is 161 Å². The lowest BCUT2D eigenvalue weighted by Crippen LogP contribution is -2.60. The Hall–Kier alpha value is -2.18. The first-order chi connectivity index (χ1) is 12.9. The first-order valence-corrected chi connectivity index (χ1v) is 9.68. The SMILES string of the molecule is CC(Cc1ccc(N=C(N)/C=C\NC=O)cc1)N(C)C1CC2(CC(N)C2)C1. The van der Waals surface area contributed by atoms with Crippen LogP contribution in [0.25, 0.3) is 0 Å². The summed E-state index contributed by atoms with van der Waals surface area (Å²) in [6, 6.07) is 9.81. The molecule has 1 amide bonds. The summed E-state index contributed by atoms with van der Waals surface area (Å²) in [5.74, 6) is 0.347. The van der Waals surface area contributed by atoms with Crippen molar-refractivity contribution in [2.24, 2.45) is 21.9 Å². The van der Waals surface area contributed by atoms with Crippen LogP contribution < -0.4 is 16.8 Å². The molecule has 2 aliphatic rings. The van der Waals surface area contributed by atoms with Crippen LogP contribution in [0.3, 0.4) is 0 Å². The number of rotatable bonds is 8. The number of amidine groups is 1. The molecule has 1 aromatic carbocycles. The molecule has 6 nitrogen and oxygen atoms in total. The van der Waals surface area contributed by atoms with Gasteiger partial charge in [-0.1, -0.05) is 12.1 Å². The molecule has 0 heterocycles. The molecule has 3 rings (SSSR count). The molecule has 0 aromatic heterocycles. The molecule has 1 aromatic rings. The smallest absolute Gasteiger partial charge is 0.211 e. The third-order valence-corrected chi connectivity index (χ3v) is 6.14. The van der Waals surface area contributed by atoms with Crippen molar-refractivity contribution in [3.05, 3.63) is 42.1 Å². The molecule has 6 heteroatoms. The summed E-state index contributed by atoms with van der Waals surface area (Å²) in [7, 11) is 2.25. The van der Waals surface area contributed by atoms with Gasteiger partial charge in [-0.3, -0.25) is 4.79 Å². The predicted molar refractivity (Wildman–Crippen MR) is 110 cm³/mol. The van der Waals surface area contributed by atoms with E-state index in [1.54, 1.807) is 6.08 Å². The third-order valence-electron chi connectivity index (χ3n) is 6.14. The molecular weight excluding hydrogens is 338 g/mol. The summed E-state index contributed by atoms with van der Waals surface area (Å²) in [4.78, 5) is 17.0. The zero-order valence-electron chi connectivity index (χ0n) is 16.3. The van der Waals surface area contributed by atoms with Crippen LogP contribution in [0.15, 0.2) is 41.5 Å². The Morgan fingerprint density at radius 1 is 1.33 bits per heavy atom. The van der Waals surface area contributed by atoms with Gasteiger partial charge in [0, 0.05) is 24.3 Å². The average molecular weight is 370 g/mol. The monoisotopic (exact) mass is 369 g/mol. The fraction of sp³-hybridized carbons (Fsp3) is 0.524. The molecule has 1 spiro atoms. The maximum atomic E-state index is 10.2. The number of carbonyl (C=O) groups excluding carboxylic acids is 1. The van der Waals surface area contributed by atoms with Crippen molar-refractivity contribution >= 4 is 17.9 Å². The molecular formula is C21H31N5O. The van der Waals surface area contributed by atoms with Crippen LogP contribution in [0.2, 0.25) is 0 Å².